The van der Waals surface area contributed by atoms with Crippen LogP contribution in [0.3, 0.4) is 0 Å². The summed E-state index contributed by atoms with van der Waals surface area (Å²) in [6, 6.07) is 29.1. The molecule has 0 atom stereocenters. The number of imidazole rings is 1. The SMILES string of the molecule is CCc1nc2c(C)cc(C(=O)NCCc3ccccc3)cc2n1Cc1cccc2c1ccn2-c1ccccc1C(=O)O. The summed E-state index contributed by atoms with van der Waals surface area (Å²) in [7, 11) is 0. The second kappa shape index (κ2) is 11.4. The maximum Gasteiger partial charge on any atom is 0.337 e. The highest BCUT2D eigenvalue weighted by Crippen LogP contribution is 2.29. The maximum atomic E-state index is 13.2. The molecule has 0 aliphatic rings. The monoisotopic (exact) mass is 556 g/mol. The number of amides is 1. The topological polar surface area (TPSA) is 89.2 Å². The van der Waals surface area contributed by atoms with Crippen LogP contribution < -0.4 is 5.32 Å². The number of fused-ring (bicyclic) bond motifs is 2. The molecular weight excluding hydrogens is 524 g/mol. The van der Waals surface area contributed by atoms with Crippen LogP contribution in [-0.2, 0) is 19.4 Å². The van der Waals surface area contributed by atoms with Gasteiger partial charge in [-0.1, -0.05) is 61.5 Å². The van der Waals surface area contributed by atoms with Crippen LogP contribution in [0.4, 0.5) is 0 Å². The van der Waals surface area contributed by atoms with Gasteiger partial charge >= 0.3 is 5.97 Å². The minimum atomic E-state index is -0.962. The van der Waals surface area contributed by atoms with Gasteiger partial charge in [-0.15, -0.1) is 0 Å². The number of aromatic nitrogens is 3. The van der Waals surface area contributed by atoms with Crippen LogP contribution in [0.1, 0.15) is 50.2 Å². The van der Waals surface area contributed by atoms with Crippen LogP contribution >= 0.6 is 0 Å². The van der Waals surface area contributed by atoms with Crippen LogP contribution in [0.5, 0.6) is 0 Å². The highest BCUT2D eigenvalue weighted by atomic mass is 16.4. The molecule has 0 radical (unpaired) electrons. The Balaban J connectivity index is 1.34. The molecular formula is C35H32N4O3. The number of para-hydroxylation sites is 1. The van der Waals surface area contributed by atoms with Gasteiger partial charge in [0, 0.05) is 30.1 Å². The van der Waals surface area contributed by atoms with E-state index in [-0.39, 0.29) is 11.5 Å². The summed E-state index contributed by atoms with van der Waals surface area (Å²) in [4.78, 5) is 30.0. The Hall–Kier alpha value is -5.17. The van der Waals surface area contributed by atoms with Gasteiger partial charge in [0.2, 0.25) is 0 Å². The van der Waals surface area contributed by atoms with E-state index < -0.39 is 5.97 Å². The molecule has 0 fully saturated rings. The number of carboxylic acids is 1. The van der Waals surface area contributed by atoms with Crippen molar-refractivity contribution in [2.24, 2.45) is 0 Å². The fourth-order valence-corrected chi connectivity index (χ4v) is 5.70. The zero-order chi connectivity index (χ0) is 29.2. The van der Waals surface area contributed by atoms with Gasteiger partial charge in [0.15, 0.2) is 0 Å². The lowest BCUT2D eigenvalue weighted by atomic mass is 10.1. The van der Waals surface area contributed by atoms with E-state index in [1.807, 2.05) is 78.4 Å². The highest BCUT2D eigenvalue weighted by Gasteiger charge is 2.18. The van der Waals surface area contributed by atoms with Crippen molar-refractivity contribution in [1.82, 2.24) is 19.4 Å². The molecule has 0 saturated heterocycles. The molecule has 4 aromatic carbocycles. The lowest BCUT2D eigenvalue weighted by Gasteiger charge is -2.13. The third-order valence-corrected chi connectivity index (χ3v) is 7.79. The minimum Gasteiger partial charge on any atom is -0.478 e. The number of nitrogens with one attached hydrogen (secondary N) is 1. The molecule has 1 amide bonds. The Morgan fingerprint density at radius 2 is 1.69 bits per heavy atom. The number of carbonyl (C=O) groups is 2. The molecule has 6 aromatic rings. The third kappa shape index (κ3) is 5.05. The number of carboxylic acid groups (broad SMARTS) is 1. The lowest BCUT2D eigenvalue weighted by Crippen LogP contribution is -2.25. The molecule has 0 unspecified atom stereocenters. The number of hydrogen-bond donors (Lipinski definition) is 2. The lowest BCUT2D eigenvalue weighted by molar-refractivity contribution is 0.0696. The standard InChI is InChI=1S/C35H32N4O3/c1-3-32-37-33-23(2)20-26(34(40)36-18-16-24-10-5-4-6-11-24)21-31(33)39(32)22-25-12-9-15-29-27(25)17-19-38(29)30-14-8-7-13-28(30)35(41)42/h4-15,17,19-21H,3,16,18,22H2,1-2H3,(H,36,40)(H,41,42). The quantitative estimate of drug-likeness (QED) is 0.211. The molecule has 7 nitrogen and oxygen atoms in total. The third-order valence-electron chi connectivity index (χ3n) is 7.79. The Morgan fingerprint density at radius 1 is 0.905 bits per heavy atom. The van der Waals surface area contributed by atoms with E-state index in [1.165, 1.54) is 5.56 Å². The van der Waals surface area contributed by atoms with E-state index in [0.717, 1.165) is 51.7 Å². The van der Waals surface area contributed by atoms with Crippen LogP contribution in [-0.4, -0.2) is 37.6 Å². The average molecular weight is 557 g/mol. The highest BCUT2D eigenvalue weighted by molar-refractivity contribution is 5.98. The van der Waals surface area contributed by atoms with Gasteiger partial charge in [-0.3, -0.25) is 4.79 Å². The van der Waals surface area contributed by atoms with Crippen molar-refractivity contribution < 1.29 is 14.7 Å². The summed E-state index contributed by atoms with van der Waals surface area (Å²) in [5.74, 6) is -0.114. The first-order valence-corrected chi connectivity index (χ1v) is 14.2. The molecule has 2 aromatic heterocycles. The van der Waals surface area contributed by atoms with Crippen molar-refractivity contribution in [3.05, 3.63) is 131 Å². The van der Waals surface area contributed by atoms with Crippen molar-refractivity contribution in [2.75, 3.05) is 6.54 Å². The largest absolute Gasteiger partial charge is 0.478 e. The molecule has 210 valence electrons. The first-order valence-electron chi connectivity index (χ1n) is 14.2. The zero-order valence-electron chi connectivity index (χ0n) is 23.7. The fraction of sp³-hybridized carbons (Fsp3) is 0.171. The van der Waals surface area contributed by atoms with Gasteiger partial charge in [0.25, 0.3) is 5.91 Å². The van der Waals surface area contributed by atoms with Crippen molar-refractivity contribution in [2.45, 2.75) is 33.2 Å². The molecule has 0 aliphatic carbocycles. The van der Waals surface area contributed by atoms with Gasteiger partial charge in [0.1, 0.15) is 5.82 Å². The molecule has 7 heteroatoms. The minimum absolute atomic E-state index is 0.0991. The van der Waals surface area contributed by atoms with E-state index in [2.05, 4.69) is 35.0 Å². The second-order valence-corrected chi connectivity index (χ2v) is 10.5. The van der Waals surface area contributed by atoms with Crippen LogP contribution in [0.25, 0.3) is 27.6 Å². The number of rotatable bonds is 9. The molecule has 42 heavy (non-hydrogen) atoms. The normalized spacial score (nSPS) is 11.3. The van der Waals surface area contributed by atoms with E-state index in [9.17, 15) is 14.7 Å². The van der Waals surface area contributed by atoms with E-state index in [4.69, 9.17) is 4.98 Å². The van der Waals surface area contributed by atoms with Crippen LogP contribution in [0.15, 0.2) is 97.2 Å². The summed E-state index contributed by atoms with van der Waals surface area (Å²) in [5, 5.41) is 13.9. The Kier molecular flexibility index (Phi) is 7.32. The van der Waals surface area contributed by atoms with Crippen molar-refractivity contribution in [1.29, 1.82) is 0 Å². The van der Waals surface area contributed by atoms with Crippen molar-refractivity contribution in [3.8, 4) is 5.69 Å². The zero-order valence-corrected chi connectivity index (χ0v) is 23.7. The van der Waals surface area contributed by atoms with Gasteiger partial charge in [-0.25, -0.2) is 9.78 Å². The summed E-state index contributed by atoms with van der Waals surface area (Å²) in [6.45, 7) is 5.22. The summed E-state index contributed by atoms with van der Waals surface area (Å²) in [6.07, 6.45) is 3.44. The number of aryl methyl sites for hydroxylation is 2. The molecule has 0 spiro atoms. The first-order chi connectivity index (χ1) is 20.4. The molecule has 6 rings (SSSR count). The smallest absolute Gasteiger partial charge is 0.337 e. The van der Waals surface area contributed by atoms with Gasteiger partial charge < -0.3 is 19.6 Å². The van der Waals surface area contributed by atoms with Gasteiger partial charge in [-0.05, 0) is 66.4 Å². The average Bonchev–Trinajstić information content (AvgIpc) is 3.60. The van der Waals surface area contributed by atoms with Gasteiger partial charge in [-0.2, -0.15) is 0 Å². The Labute approximate surface area is 244 Å². The number of nitrogens with zero attached hydrogens (tertiary/aromatic N) is 3. The maximum absolute atomic E-state index is 13.2. The Bertz CT molecular complexity index is 1940. The van der Waals surface area contributed by atoms with E-state index in [0.29, 0.717) is 24.3 Å². The first kappa shape index (κ1) is 27.0. The fourth-order valence-electron chi connectivity index (χ4n) is 5.70. The molecule has 0 saturated carbocycles. The second-order valence-electron chi connectivity index (χ2n) is 10.5. The van der Waals surface area contributed by atoms with Crippen molar-refractivity contribution >= 4 is 33.8 Å². The van der Waals surface area contributed by atoms with Crippen LogP contribution in [0, 0.1) is 6.92 Å². The number of benzene rings is 4. The van der Waals surface area contributed by atoms with Crippen molar-refractivity contribution in [3.63, 3.8) is 0 Å². The van der Waals surface area contributed by atoms with Crippen LogP contribution in [0.2, 0.25) is 0 Å². The summed E-state index contributed by atoms with van der Waals surface area (Å²) >= 11 is 0. The predicted molar refractivity (Wildman–Crippen MR) is 166 cm³/mol. The number of carbonyl (C=O) groups excluding carboxylic acids is 1. The summed E-state index contributed by atoms with van der Waals surface area (Å²) in [5.41, 5.74) is 7.47. The summed E-state index contributed by atoms with van der Waals surface area (Å²) < 4.78 is 4.12. The Morgan fingerprint density at radius 3 is 2.48 bits per heavy atom. The molecule has 0 aliphatic heterocycles. The molecule has 2 heterocycles. The number of aromatic carboxylic acids is 1. The molecule has 2 N–H and O–H groups in total. The number of hydrogen-bond acceptors (Lipinski definition) is 3. The molecule has 0 bridgehead atoms. The predicted octanol–water partition coefficient (Wildman–Crippen LogP) is 6.57. The van der Waals surface area contributed by atoms with Gasteiger partial charge in [0.05, 0.1) is 34.3 Å². The van der Waals surface area contributed by atoms with E-state index in [1.54, 1.807) is 12.1 Å². The van der Waals surface area contributed by atoms with E-state index >= 15 is 0 Å².